The third-order valence-electron chi connectivity index (χ3n) is 7.34. The molecular formula is C31H30N2O4S. The van der Waals surface area contributed by atoms with E-state index in [0.29, 0.717) is 5.69 Å². The number of nitrogens with one attached hydrogen (secondary N) is 1. The molecule has 0 bridgehead atoms. The van der Waals surface area contributed by atoms with E-state index in [1.807, 2.05) is 68.4 Å². The predicted molar refractivity (Wildman–Crippen MR) is 150 cm³/mol. The van der Waals surface area contributed by atoms with Crippen molar-refractivity contribution in [3.05, 3.63) is 95.7 Å². The molecule has 1 fully saturated rings. The first-order valence-electron chi connectivity index (χ1n) is 12.7. The van der Waals surface area contributed by atoms with Crippen molar-refractivity contribution in [2.45, 2.75) is 44.6 Å². The summed E-state index contributed by atoms with van der Waals surface area (Å²) >= 11 is 1.34. The Morgan fingerprint density at radius 2 is 1.53 bits per heavy atom. The number of esters is 1. The summed E-state index contributed by atoms with van der Waals surface area (Å²) in [5.41, 5.74) is 5.94. The zero-order valence-electron chi connectivity index (χ0n) is 21.7. The number of carbonyl (C=O) groups excluding carboxylic acids is 2. The molecule has 1 amide bonds. The van der Waals surface area contributed by atoms with E-state index in [1.54, 1.807) is 0 Å². The average molecular weight is 527 g/mol. The van der Waals surface area contributed by atoms with Crippen molar-refractivity contribution in [2.75, 3.05) is 12.4 Å². The van der Waals surface area contributed by atoms with Crippen molar-refractivity contribution < 1.29 is 19.1 Å². The van der Waals surface area contributed by atoms with Crippen molar-refractivity contribution in [2.24, 2.45) is 0 Å². The Balaban J connectivity index is 1.30. The normalized spacial score (nSPS) is 14.7. The number of nitrogens with zero attached hydrogens (tertiary/aromatic N) is 1. The van der Waals surface area contributed by atoms with Gasteiger partial charge in [0, 0.05) is 0 Å². The highest BCUT2D eigenvalue weighted by Crippen LogP contribution is 2.45. The quantitative estimate of drug-likeness (QED) is 0.250. The first-order chi connectivity index (χ1) is 18.4. The molecular weight excluding hydrogens is 496 g/mol. The Morgan fingerprint density at radius 1 is 0.921 bits per heavy atom. The summed E-state index contributed by atoms with van der Waals surface area (Å²) in [7, 11) is 1.46. The molecule has 1 aromatic heterocycles. The number of aromatic nitrogens is 1. The molecule has 1 atom stereocenters. The molecule has 38 heavy (non-hydrogen) atoms. The van der Waals surface area contributed by atoms with E-state index in [-0.39, 0.29) is 12.1 Å². The van der Waals surface area contributed by atoms with Gasteiger partial charge in [-0.2, -0.15) is 4.37 Å². The fourth-order valence-electron chi connectivity index (χ4n) is 4.93. The number of anilines is 1. The van der Waals surface area contributed by atoms with Crippen LogP contribution in [0.3, 0.4) is 0 Å². The Kier molecular flexibility index (Phi) is 7.29. The molecule has 1 aliphatic rings. The monoisotopic (exact) mass is 526 g/mol. The lowest BCUT2D eigenvalue weighted by Crippen LogP contribution is -2.43. The second kappa shape index (κ2) is 10.8. The molecule has 1 heterocycles. The van der Waals surface area contributed by atoms with Crippen molar-refractivity contribution in [1.29, 1.82) is 0 Å². The van der Waals surface area contributed by atoms with Crippen LogP contribution in [0.5, 0.6) is 0 Å². The van der Waals surface area contributed by atoms with Crippen molar-refractivity contribution in [3.8, 4) is 21.6 Å². The first-order valence-corrected chi connectivity index (χ1v) is 13.5. The fourth-order valence-corrected chi connectivity index (χ4v) is 5.78. The van der Waals surface area contributed by atoms with Crippen molar-refractivity contribution in [3.63, 3.8) is 0 Å². The zero-order valence-corrected chi connectivity index (χ0v) is 22.5. The summed E-state index contributed by atoms with van der Waals surface area (Å²) < 4.78 is 15.1. The summed E-state index contributed by atoms with van der Waals surface area (Å²) in [6.07, 6.45) is 1.81. The maximum absolute atomic E-state index is 12.7. The van der Waals surface area contributed by atoms with Gasteiger partial charge in [-0.25, -0.2) is 4.79 Å². The van der Waals surface area contributed by atoms with E-state index in [9.17, 15) is 9.59 Å². The number of rotatable bonds is 7. The number of benzene rings is 3. The number of methoxy groups -OCH3 is 1. The molecule has 1 aliphatic carbocycles. The second-order valence-electron chi connectivity index (χ2n) is 9.64. The third-order valence-corrected chi connectivity index (χ3v) is 8.33. The minimum atomic E-state index is -0.515. The van der Waals surface area contributed by atoms with Crippen molar-refractivity contribution in [1.82, 2.24) is 4.37 Å². The molecule has 1 saturated carbocycles. The zero-order chi connectivity index (χ0) is 26.7. The molecule has 0 radical (unpaired) electrons. The van der Waals surface area contributed by atoms with E-state index in [2.05, 4.69) is 34.0 Å². The van der Waals surface area contributed by atoms with Gasteiger partial charge in [-0.15, -0.1) is 0 Å². The maximum atomic E-state index is 12.7. The van der Waals surface area contributed by atoms with E-state index >= 15 is 0 Å². The maximum Gasteiger partial charge on any atom is 0.412 e. The van der Waals surface area contributed by atoms with Gasteiger partial charge in [0.15, 0.2) is 0 Å². The Bertz CT molecular complexity index is 1430. The van der Waals surface area contributed by atoms with E-state index in [4.69, 9.17) is 9.47 Å². The third kappa shape index (κ3) is 4.94. The topological polar surface area (TPSA) is 77.5 Å². The molecule has 0 saturated heterocycles. The Labute approximate surface area is 226 Å². The Morgan fingerprint density at radius 3 is 2.11 bits per heavy atom. The molecule has 0 aliphatic heterocycles. The highest BCUT2D eigenvalue weighted by atomic mass is 32.1. The number of hydrogen-bond donors (Lipinski definition) is 1. The Hall–Kier alpha value is -3.97. The van der Waals surface area contributed by atoms with Gasteiger partial charge in [0.05, 0.1) is 28.8 Å². The largest absolute Gasteiger partial charge is 0.468 e. The molecule has 6 nitrogen and oxygen atoms in total. The van der Waals surface area contributed by atoms with Gasteiger partial charge in [-0.1, -0.05) is 85.3 Å². The predicted octanol–water partition coefficient (Wildman–Crippen LogP) is 7.69. The van der Waals surface area contributed by atoms with Crippen LogP contribution in [-0.4, -0.2) is 23.5 Å². The molecule has 7 heteroatoms. The van der Waals surface area contributed by atoms with Gasteiger partial charge >= 0.3 is 12.1 Å². The molecule has 5 rings (SSSR count). The SMILES string of the molecule is COC(=O)C1(c2ccc(-c3ccc(-c4snc(C)c4NC(=O)O[C@H](C)c4ccccc4)cc3)cc2)CCC1. The number of aryl methyl sites for hydroxylation is 1. The molecule has 194 valence electrons. The summed E-state index contributed by atoms with van der Waals surface area (Å²) in [6.45, 7) is 3.72. The van der Waals surface area contributed by atoms with Gasteiger partial charge in [0.2, 0.25) is 0 Å². The molecule has 0 unspecified atom stereocenters. The van der Waals surface area contributed by atoms with Crippen LogP contribution in [0.4, 0.5) is 10.5 Å². The summed E-state index contributed by atoms with van der Waals surface area (Å²) in [5, 5.41) is 2.90. The van der Waals surface area contributed by atoms with Crippen LogP contribution in [-0.2, 0) is 19.7 Å². The summed E-state index contributed by atoms with van der Waals surface area (Å²) in [5.74, 6) is -0.150. The standard InChI is InChI=1S/C31H30N2O4S/c1-20-27(32-30(35)37-21(2)22-8-5-4-6-9-22)28(38-33-20)25-12-10-23(11-13-25)24-14-16-26(17-15-24)31(18-7-19-31)29(34)36-3/h4-6,8-17,21H,7,18-19H2,1-3H3,(H,32,35)/t21-/m1/s1. The van der Waals surface area contributed by atoms with Crippen molar-refractivity contribution >= 4 is 29.3 Å². The fraction of sp³-hybridized carbons (Fsp3) is 0.258. The molecule has 0 spiro atoms. The minimum Gasteiger partial charge on any atom is -0.468 e. The summed E-state index contributed by atoms with van der Waals surface area (Å²) in [4.78, 5) is 25.9. The van der Waals surface area contributed by atoms with E-state index in [1.165, 1.54) is 18.6 Å². The number of carbonyl (C=O) groups is 2. The number of ether oxygens (including phenoxy) is 2. The van der Waals surface area contributed by atoms with Crippen LogP contribution >= 0.6 is 11.5 Å². The number of hydrogen-bond acceptors (Lipinski definition) is 6. The van der Waals surface area contributed by atoms with Gasteiger partial charge in [0.25, 0.3) is 0 Å². The van der Waals surface area contributed by atoms with Crippen LogP contribution in [0.1, 0.15) is 49.1 Å². The molecule has 3 aromatic carbocycles. The smallest absolute Gasteiger partial charge is 0.412 e. The van der Waals surface area contributed by atoms with Crippen LogP contribution in [0.2, 0.25) is 0 Å². The minimum absolute atomic E-state index is 0.150. The summed E-state index contributed by atoms with van der Waals surface area (Å²) in [6, 6.07) is 26.0. The van der Waals surface area contributed by atoms with Crippen LogP contribution in [0.25, 0.3) is 21.6 Å². The van der Waals surface area contributed by atoms with Gasteiger partial charge in [-0.05, 0) is 66.0 Å². The van der Waals surface area contributed by atoms with Crippen LogP contribution < -0.4 is 5.32 Å². The van der Waals surface area contributed by atoms with Gasteiger partial charge in [0.1, 0.15) is 6.10 Å². The average Bonchev–Trinajstić information content (AvgIpc) is 3.28. The van der Waals surface area contributed by atoms with Gasteiger partial charge < -0.3 is 9.47 Å². The molecule has 4 aromatic rings. The van der Waals surface area contributed by atoms with E-state index < -0.39 is 11.5 Å². The van der Waals surface area contributed by atoms with Gasteiger partial charge in [-0.3, -0.25) is 10.1 Å². The first kappa shape index (κ1) is 25.7. The lowest BCUT2D eigenvalue weighted by molar-refractivity contribution is -0.151. The van der Waals surface area contributed by atoms with E-state index in [0.717, 1.165) is 57.7 Å². The highest BCUT2D eigenvalue weighted by molar-refractivity contribution is 7.10. The van der Waals surface area contributed by atoms with Crippen LogP contribution in [0, 0.1) is 6.92 Å². The molecule has 1 N–H and O–H groups in total. The van der Waals surface area contributed by atoms with Crippen LogP contribution in [0.15, 0.2) is 78.9 Å². The second-order valence-corrected chi connectivity index (χ2v) is 10.4. The lowest BCUT2D eigenvalue weighted by Gasteiger charge is -2.39. The highest BCUT2D eigenvalue weighted by Gasteiger charge is 2.46. The lowest BCUT2D eigenvalue weighted by atomic mass is 9.64. The number of amides is 1.